The fourth-order valence-corrected chi connectivity index (χ4v) is 13.9. The van der Waals surface area contributed by atoms with Crippen molar-refractivity contribution < 1.29 is 9.31 Å². The minimum atomic E-state index is -0.511. The Labute approximate surface area is 552 Å². The van der Waals surface area contributed by atoms with Crippen LogP contribution in [0, 0.1) is 35.8 Å². The van der Waals surface area contributed by atoms with Crippen molar-refractivity contribution in [1.29, 1.82) is 10.5 Å². The van der Waals surface area contributed by atoms with E-state index in [-0.39, 0.29) is 0 Å². The third-order valence-electron chi connectivity index (χ3n) is 18.4. The number of nitrogens with zero attached hydrogens (tertiary/aromatic N) is 8. The Kier molecular flexibility index (Phi) is 14.7. The molecule has 10 nitrogen and oxygen atoms in total. The van der Waals surface area contributed by atoms with Gasteiger partial charge in [0.15, 0.2) is 11.4 Å². The number of nitriles is 2. The first-order valence-electron chi connectivity index (χ1n) is 30.9. The van der Waals surface area contributed by atoms with Crippen LogP contribution >= 0.6 is 15.9 Å². The normalized spacial score (nSPS) is 13.2. The van der Waals surface area contributed by atoms with E-state index in [9.17, 15) is 10.5 Å². The lowest BCUT2D eigenvalue weighted by Crippen LogP contribution is -2.41. The summed E-state index contributed by atoms with van der Waals surface area (Å²) in [5.74, 6) is 0. The number of benzene rings is 12. The van der Waals surface area contributed by atoms with E-state index in [1.54, 1.807) is 0 Å². The lowest BCUT2D eigenvalue weighted by Gasteiger charge is -2.32. The van der Waals surface area contributed by atoms with Crippen LogP contribution in [-0.2, 0) is 9.31 Å². The van der Waals surface area contributed by atoms with Crippen molar-refractivity contribution in [3.8, 4) is 46.0 Å². The smallest absolute Gasteiger partial charge is 0.399 e. The Morgan fingerprint density at radius 1 is 0.351 bits per heavy atom. The minimum Gasteiger partial charge on any atom is -0.399 e. The highest BCUT2D eigenvalue weighted by molar-refractivity contribution is 9.10. The van der Waals surface area contributed by atoms with E-state index in [0.29, 0.717) is 22.5 Å². The van der Waals surface area contributed by atoms with Crippen molar-refractivity contribution in [2.45, 2.75) is 38.9 Å². The number of para-hydroxylation sites is 8. The van der Waals surface area contributed by atoms with Crippen molar-refractivity contribution >= 4 is 127 Å². The zero-order chi connectivity index (χ0) is 64.4. The van der Waals surface area contributed by atoms with Crippen molar-refractivity contribution in [3.05, 3.63) is 305 Å². The van der Waals surface area contributed by atoms with Gasteiger partial charge in [-0.3, -0.25) is 0 Å². The number of hydrogen-bond donors (Lipinski definition) is 0. The molecule has 17 rings (SSSR count). The molecule has 1 saturated heterocycles. The topological polar surface area (TPSA) is 94.5 Å². The maximum Gasteiger partial charge on any atom is 0.493 e. The molecular formula is C82H56BBrN8O2. The molecule has 0 atom stereocenters. The van der Waals surface area contributed by atoms with E-state index in [2.05, 4.69) is 220 Å². The Morgan fingerprint density at radius 3 is 0.904 bits per heavy atom. The summed E-state index contributed by atoms with van der Waals surface area (Å²) in [6.07, 6.45) is 0. The molecule has 16 aromatic rings. The zero-order valence-electron chi connectivity index (χ0n) is 51.8. The Morgan fingerprint density at radius 2 is 0.617 bits per heavy atom. The van der Waals surface area contributed by atoms with Gasteiger partial charge in [0.05, 0.1) is 91.7 Å². The molecular weight excluding hydrogens is 1220 g/mol. The number of aromatic nitrogens is 4. The van der Waals surface area contributed by atoms with Gasteiger partial charge in [0.1, 0.15) is 0 Å². The highest BCUT2D eigenvalue weighted by Crippen LogP contribution is 2.41. The highest BCUT2D eigenvalue weighted by atomic mass is 79.9. The zero-order valence-corrected chi connectivity index (χ0v) is 53.3. The molecule has 0 N–H and O–H groups in total. The van der Waals surface area contributed by atoms with Crippen LogP contribution in [0.1, 0.15) is 38.8 Å². The van der Waals surface area contributed by atoms with Gasteiger partial charge in [-0.05, 0) is 160 Å². The van der Waals surface area contributed by atoms with Gasteiger partial charge in [-0.25, -0.2) is 9.69 Å². The monoisotopic (exact) mass is 1270 g/mol. The molecule has 12 heteroatoms. The van der Waals surface area contributed by atoms with Gasteiger partial charge in [-0.1, -0.05) is 168 Å². The second-order valence-electron chi connectivity index (χ2n) is 24.5. The molecule has 5 heterocycles. The fourth-order valence-electron chi connectivity index (χ4n) is 13.4. The van der Waals surface area contributed by atoms with Crippen LogP contribution in [0.25, 0.3) is 131 Å². The molecule has 94 heavy (non-hydrogen) atoms. The van der Waals surface area contributed by atoms with Crippen LogP contribution in [0.3, 0.4) is 0 Å². The van der Waals surface area contributed by atoms with E-state index >= 15 is 0 Å². The lowest BCUT2D eigenvalue weighted by atomic mass is 9.78. The summed E-state index contributed by atoms with van der Waals surface area (Å²) >= 11 is 3.51. The van der Waals surface area contributed by atoms with Gasteiger partial charge in [-0.15, -0.1) is 0 Å². The van der Waals surface area contributed by atoms with Gasteiger partial charge in [-0.2, -0.15) is 10.5 Å². The predicted molar refractivity (Wildman–Crippen MR) is 387 cm³/mol. The van der Waals surface area contributed by atoms with Crippen molar-refractivity contribution in [1.82, 2.24) is 18.3 Å². The second kappa shape index (κ2) is 23.5. The van der Waals surface area contributed by atoms with Crippen molar-refractivity contribution in [2.24, 2.45) is 0 Å². The Balaban J connectivity index is 0.000000123. The van der Waals surface area contributed by atoms with Gasteiger partial charge < -0.3 is 27.6 Å². The number of halogens is 1. The molecule has 0 saturated carbocycles. The van der Waals surface area contributed by atoms with E-state index in [4.69, 9.17) is 22.5 Å². The van der Waals surface area contributed by atoms with Crippen molar-refractivity contribution in [2.75, 3.05) is 0 Å². The largest absolute Gasteiger partial charge is 0.493 e. The fraction of sp³-hybridized carbons (Fsp3) is 0.0732. The predicted octanol–water partition coefficient (Wildman–Crippen LogP) is 21.0. The summed E-state index contributed by atoms with van der Waals surface area (Å²) in [4.78, 5) is 7.30. The maximum absolute atomic E-state index is 10.1. The summed E-state index contributed by atoms with van der Waals surface area (Å²) in [7, 11) is -0.511. The van der Waals surface area contributed by atoms with Gasteiger partial charge >= 0.3 is 7.12 Å². The summed E-state index contributed by atoms with van der Waals surface area (Å²) in [6.45, 7) is 23.1. The summed E-state index contributed by atoms with van der Waals surface area (Å²) < 4.78 is 22.3. The minimum absolute atomic E-state index is 0.432. The molecule has 4 aromatic heterocycles. The molecule has 12 aromatic carbocycles. The average Bonchev–Trinajstić information content (AvgIpc) is 1.61. The van der Waals surface area contributed by atoms with Crippen LogP contribution in [0.5, 0.6) is 0 Å². The molecule has 0 aliphatic carbocycles. The summed E-state index contributed by atoms with van der Waals surface area (Å²) in [6, 6.07) is 95.2. The standard InChI is InChI=1S/C38H22N4.C25H23BN2O2.C19H11BrN2/c39-23-25-17-27(21-29(19-25)41-35-13-5-1-9-31(35)32-10-2-6-14-36(32)41)28-18-26(24-40)20-30(22-28)42-37-15-7-3-11-33(37)34-12-4-8-16-38(34)42;1-24(2)25(3,4)30-26(29-24)17-14-18(27-5)16-19(15-17)28-22-12-8-6-10-20(22)21-11-7-9-13-23(21)28;1-21-14-10-13(20)11-15(12-14)22-18-8-4-2-6-16(18)17-7-3-5-9-19(17)22/h1-22H;6-16H,1-4H3;2-12H. The molecule has 0 radical (unpaired) electrons. The van der Waals surface area contributed by atoms with Crippen molar-refractivity contribution in [3.63, 3.8) is 0 Å². The van der Waals surface area contributed by atoms with Crippen LogP contribution in [0.4, 0.5) is 11.4 Å². The third kappa shape index (κ3) is 10.1. The molecule has 0 spiro atoms. The quantitative estimate of drug-likeness (QED) is 0.122. The Hall–Kier alpha value is -11.7. The number of rotatable bonds is 6. The van der Waals surface area contributed by atoms with E-state index < -0.39 is 18.3 Å². The number of hydrogen-bond acceptors (Lipinski definition) is 4. The van der Waals surface area contributed by atoms with Crippen LogP contribution < -0.4 is 5.46 Å². The summed E-state index contributed by atoms with van der Waals surface area (Å²) in [5, 5.41) is 29.7. The van der Waals surface area contributed by atoms with Gasteiger partial charge in [0.2, 0.25) is 0 Å². The first-order valence-corrected chi connectivity index (χ1v) is 31.7. The third-order valence-corrected chi connectivity index (χ3v) is 18.8. The highest BCUT2D eigenvalue weighted by Gasteiger charge is 2.52. The first-order chi connectivity index (χ1) is 45.8. The molecule has 0 amide bonds. The molecule has 0 bridgehead atoms. The lowest BCUT2D eigenvalue weighted by molar-refractivity contribution is 0.00578. The van der Waals surface area contributed by atoms with Gasteiger partial charge in [0, 0.05) is 70.3 Å². The van der Waals surface area contributed by atoms with E-state index in [1.165, 1.54) is 21.5 Å². The van der Waals surface area contributed by atoms with E-state index in [0.717, 1.165) is 109 Å². The van der Waals surface area contributed by atoms with Crippen LogP contribution in [-0.4, -0.2) is 36.6 Å². The molecule has 0 unspecified atom stereocenters. The first kappa shape index (κ1) is 58.6. The van der Waals surface area contributed by atoms with Gasteiger partial charge in [0.25, 0.3) is 0 Å². The SMILES string of the molecule is N#Cc1cc(-c2cc(C#N)cc(-n3c4ccccc4c4ccccc43)c2)cc(-n2c3ccccc3c3ccccc32)c1.[C-]#[N+]c1cc(B2OC(C)(C)C(C)(C)O2)cc(-n2c3ccccc3c3ccccc32)c1.[C-]#[N+]c1cc(Br)cc(-n2c3ccccc3c3ccccc32)c1. The molecule has 446 valence electrons. The van der Waals surface area contributed by atoms with Crippen LogP contribution in [0.15, 0.2) is 271 Å². The maximum atomic E-state index is 10.1. The average molecular weight is 1280 g/mol. The Bertz CT molecular complexity index is 5540. The van der Waals surface area contributed by atoms with E-state index in [1.807, 2.05) is 131 Å². The summed E-state index contributed by atoms with van der Waals surface area (Å²) in [5.41, 5.74) is 16.7. The molecule has 1 aliphatic rings. The number of fused-ring (bicyclic) bond motifs is 12. The molecule has 1 fully saturated rings. The second-order valence-corrected chi connectivity index (χ2v) is 25.4. The van der Waals surface area contributed by atoms with Crippen LogP contribution in [0.2, 0.25) is 0 Å². The molecule has 1 aliphatic heterocycles.